The fraction of sp³-hybridized carbons (Fsp3) is 0.143. The molecule has 21 heavy (non-hydrogen) atoms. The topological polar surface area (TPSA) is 58.2 Å². The van der Waals surface area contributed by atoms with Crippen molar-refractivity contribution in [3.8, 4) is 0 Å². The van der Waals surface area contributed by atoms with Gasteiger partial charge in [0, 0.05) is 17.9 Å². The van der Waals surface area contributed by atoms with Crippen LogP contribution in [0, 0.1) is 5.82 Å². The van der Waals surface area contributed by atoms with Crippen LogP contribution in [0.1, 0.15) is 5.56 Å². The smallest absolute Gasteiger partial charge is 0.229 e. The van der Waals surface area contributed by atoms with Crippen LogP contribution in [-0.2, 0) is 16.6 Å². The summed E-state index contributed by atoms with van der Waals surface area (Å²) >= 11 is 5.71. The van der Waals surface area contributed by atoms with E-state index in [9.17, 15) is 12.8 Å². The molecule has 2 N–H and O–H groups in total. The highest BCUT2D eigenvalue weighted by Crippen LogP contribution is 2.18. The summed E-state index contributed by atoms with van der Waals surface area (Å²) in [6.07, 6.45) is 1.09. The summed E-state index contributed by atoms with van der Waals surface area (Å²) in [4.78, 5) is 0. The van der Waals surface area contributed by atoms with Crippen molar-refractivity contribution in [2.24, 2.45) is 0 Å². The summed E-state index contributed by atoms with van der Waals surface area (Å²) in [7, 11) is -3.27. The molecule has 7 heteroatoms. The van der Waals surface area contributed by atoms with Gasteiger partial charge in [-0.3, -0.25) is 4.72 Å². The van der Waals surface area contributed by atoms with Crippen molar-refractivity contribution in [2.45, 2.75) is 6.54 Å². The number of hydrogen-bond donors (Lipinski definition) is 2. The van der Waals surface area contributed by atoms with Gasteiger partial charge in [0.2, 0.25) is 10.0 Å². The number of rotatable bonds is 5. The Hall–Kier alpha value is -1.79. The van der Waals surface area contributed by atoms with E-state index in [1.807, 2.05) is 0 Å². The average Bonchev–Trinajstić information content (AvgIpc) is 2.40. The first-order chi connectivity index (χ1) is 9.83. The highest BCUT2D eigenvalue weighted by Gasteiger charge is 2.03. The summed E-state index contributed by atoms with van der Waals surface area (Å²) in [5.74, 6) is -0.448. The van der Waals surface area contributed by atoms with E-state index < -0.39 is 15.8 Å². The van der Waals surface area contributed by atoms with Crippen LogP contribution in [-0.4, -0.2) is 14.7 Å². The number of sulfonamides is 1. The van der Waals surface area contributed by atoms with E-state index >= 15 is 0 Å². The molecule has 0 radical (unpaired) electrons. The van der Waals surface area contributed by atoms with Crippen molar-refractivity contribution in [2.75, 3.05) is 16.3 Å². The highest BCUT2D eigenvalue weighted by molar-refractivity contribution is 7.92. The van der Waals surface area contributed by atoms with Gasteiger partial charge < -0.3 is 5.32 Å². The number of hydrogen-bond acceptors (Lipinski definition) is 3. The molecule has 0 saturated heterocycles. The first kappa shape index (κ1) is 15.6. The van der Waals surface area contributed by atoms with Gasteiger partial charge in [-0.15, -0.1) is 0 Å². The molecular formula is C14H14ClFN2O2S. The molecule has 0 aromatic heterocycles. The largest absolute Gasteiger partial charge is 0.381 e. The number of anilines is 2. The molecule has 0 unspecified atom stereocenters. The minimum absolute atomic E-state index is 0.0852. The van der Waals surface area contributed by atoms with Gasteiger partial charge >= 0.3 is 0 Å². The molecule has 0 bridgehead atoms. The summed E-state index contributed by atoms with van der Waals surface area (Å²) in [6, 6.07) is 11.3. The molecule has 4 nitrogen and oxygen atoms in total. The number of nitrogens with one attached hydrogen (secondary N) is 2. The third kappa shape index (κ3) is 4.91. The van der Waals surface area contributed by atoms with Crippen LogP contribution in [0.2, 0.25) is 5.02 Å². The first-order valence-electron chi connectivity index (χ1n) is 6.09. The lowest BCUT2D eigenvalue weighted by Gasteiger charge is -2.09. The van der Waals surface area contributed by atoms with Crippen LogP contribution in [0.3, 0.4) is 0 Å². The monoisotopic (exact) mass is 328 g/mol. The van der Waals surface area contributed by atoms with Crippen LogP contribution in [0.4, 0.5) is 15.8 Å². The van der Waals surface area contributed by atoms with Gasteiger partial charge in [-0.05, 0) is 42.0 Å². The van der Waals surface area contributed by atoms with Gasteiger partial charge in [0.25, 0.3) is 0 Å². The lowest BCUT2D eigenvalue weighted by atomic mass is 10.2. The second-order valence-corrected chi connectivity index (χ2v) is 6.71. The van der Waals surface area contributed by atoms with E-state index in [-0.39, 0.29) is 5.02 Å². The second kappa shape index (κ2) is 6.32. The standard InChI is InChI=1S/C14H14ClFN2O2S/c1-21(19,20)18-12-5-3-11(4-6-12)17-9-10-2-7-14(16)13(15)8-10/h2-8,17-18H,9H2,1H3. The predicted octanol–water partition coefficient (Wildman–Crippen LogP) is 3.46. The summed E-state index contributed by atoms with van der Waals surface area (Å²) in [5.41, 5.74) is 2.15. The Balaban J connectivity index is 1.99. The zero-order valence-corrected chi connectivity index (χ0v) is 12.8. The molecule has 0 atom stereocenters. The quantitative estimate of drug-likeness (QED) is 0.883. The molecule has 0 saturated carbocycles. The Kier molecular flexibility index (Phi) is 4.69. The molecule has 0 spiro atoms. The maximum Gasteiger partial charge on any atom is 0.229 e. The van der Waals surface area contributed by atoms with Crippen molar-refractivity contribution >= 4 is 33.0 Å². The van der Waals surface area contributed by atoms with Gasteiger partial charge in [0.05, 0.1) is 11.3 Å². The minimum atomic E-state index is -3.27. The van der Waals surface area contributed by atoms with Crippen LogP contribution in [0.15, 0.2) is 42.5 Å². The zero-order valence-electron chi connectivity index (χ0n) is 11.2. The molecule has 2 aromatic rings. The molecule has 2 rings (SSSR count). The Labute approximate surface area is 128 Å². The third-order valence-corrected chi connectivity index (χ3v) is 3.56. The Morgan fingerprint density at radius 2 is 1.71 bits per heavy atom. The van der Waals surface area contributed by atoms with E-state index in [0.29, 0.717) is 12.2 Å². The summed E-state index contributed by atoms with van der Waals surface area (Å²) in [5, 5.41) is 3.22. The summed E-state index contributed by atoms with van der Waals surface area (Å²) < 4.78 is 37.6. The average molecular weight is 329 g/mol. The third-order valence-electron chi connectivity index (χ3n) is 2.67. The Morgan fingerprint density at radius 3 is 2.29 bits per heavy atom. The molecule has 0 heterocycles. The Bertz CT molecular complexity index is 733. The van der Waals surface area contributed by atoms with Gasteiger partial charge in [-0.1, -0.05) is 17.7 Å². The fourth-order valence-corrected chi connectivity index (χ4v) is 2.49. The van der Waals surface area contributed by atoms with Gasteiger partial charge in [0.15, 0.2) is 0 Å². The van der Waals surface area contributed by atoms with Gasteiger partial charge in [0.1, 0.15) is 5.82 Å². The SMILES string of the molecule is CS(=O)(=O)Nc1ccc(NCc2ccc(F)c(Cl)c2)cc1. The van der Waals surface area contributed by atoms with Crippen molar-refractivity contribution in [1.29, 1.82) is 0 Å². The van der Waals surface area contributed by atoms with Crippen molar-refractivity contribution in [1.82, 2.24) is 0 Å². The molecule has 2 aromatic carbocycles. The molecule has 0 amide bonds. The van der Waals surface area contributed by atoms with Crippen molar-refractivity contribution in [3.63, 3.8) is 0 Å². The minimum Gasteiger partial charge on any atom is -0.381 e. The van der Waals surface area contributed by atoms with Crippen LogP contribution < -0.4 is 10.0 Å². The molecule has 0 aliphatic carbocycles. The number of halogens is 2. The zero-order chi connectivity index (χ0) is 15.5. The van der Waals surface area contributed by atoms with Crippen LogP contribution in [0.5, 0.6) is 0 Å². The van der Waals surface area contributed by atoms with E-state index in [2.05, 4.69) is 10.0 Å². The van der Waals surface area contributed by atoms with E-state index in [1.54, 1.807) is 36.4 Å². The lowest BCUT2D eigenvalue weighted by Crippen LogP contribution is -2.09. The normalized spacial score (nSPS) is 11.2. The second-order valence-electron chi connectivity index (χ2n) is 4.55. The fourth-order valence-electron chi connectivity index (χ4n) is 1.72. The van der Waals surface area contributed by atoms with E-state index in [0.717, 1.165) is 17.5 Å². The summed E-state index contributed by atoms with van der Waals surface area (Å²) in [6.45, 7) is 0.485. The molecular weight excluding hydrogens is 315 g/mol. The van der Waals surface area contributed by atoms with Crippen LogP contribution >= 0.6 is 11.6 Å². The van der Waals surface area contributed by atoms with E-state index in [1.165, 1.54) is 6.07 Å². The van der Waals surface area contributed by atoms with Crippen LogP contribution in [0.25, 0.3) is 0 Å². The predicted molar refractivity (Wildman–Crippen MR) is 83.6 cm³/mol. The molecule has 0 fully saturated rings. The maximum atomic E-state index is 13.0. The van der Waals surface area contributed by atoms with Gasteiger partial charge in [-0.25, -0.2) is 12.8 Å². The van der Waals surface area contributed by atoms with Crippen molar-refractivity contribution in [3.05, 3.63) is 58.9 Å². The molecule has 0 aliphatic rings. The van der Waals surface area contributed by atoms with Gasteiger partial charge in [-0.2, -0.15) is 0 Å². The Morgan fingerprint density at radius 1 is 1.10 bits per heavy atom. The maximum absolute atomic E-state index is 13.0. The van der Waals surface area contributed by atoms with E-state index in [4.69, 9.17) is 11.6 Å². The number of benzene rings is 2. The molecule has 112 valence electrons. The first-order valence-corrected chi connectivity index (χ1v) is 8.36. The van der Waals surface area contributed by atoms with Crippen molar-refractivity contribution < 1.29 is 12.8 Å². The highest BCUT2D eigenvalue weighted by atomic mass is 35.5. The molecule has 0 aliphatic heterocycles. The lowest BCUT2D eigenvalue weighted by molar-refractivity contribution is 0.607.